The van der Waals surface area contributed by atoms with Crippen molar-refractivity contribution < 1.29 is 22.3 Å². The van der Waals surface area contributed by atoms with Crippen LogP contribution in [0.2, 0.25) is 0 Å². The van der Waals surface area contributed by atoms with E-state index in [1.54, 1.807) is 12.1 Å². The summed E-state index contributed by atoms with van der Waals surface area (Å²) in [6.45, 7) is 5.76. The minimum Gasteiger partial charge on any atom is -0.494 e. The number of carbonyl (C=O) groups is 1. The third-order valence-corrected chi connectivity index (χ3v) is 6.04. The SMILES string of the molecule is CCC[C@H](C)NC(=O)CN(c1ccc(F)cc1)S(=O)(=O)c1ccc(OCC)cc1. The number of nitrogens with zero attached hydrogens (tertiary/aromatic N) is 1. The standard InChI is InChI=1S/C21H27FN2O4S/c1-4-6-16(3)23-21(25)15-24(18-9-7-17(22)8-10-18)29(26,27)20-13-11-19(12-14-20)28-5-2/h7-14,16H,4-6,15H2,1-3H3,(H,23,25)/t16-/m0/s1. The Morgan fingerprint density at radius 3 is 2.28 bits per heavy atom. The molecule has 0 unspecified atom stereocenters. The molecule has 1 N–H and O–H groups in total. The fraction of sp³-hybridized carbons (Fsp3) is 0.381. The first-order valence-corrected chi connectivity index (χ1v) is 11.0. The highest BCUT2D eigenvalue weighted by atomic mass is 32.2. The van der Waals surface area contributed by atoms with Crippen molar-refractivity contribution in [3.63, 3.8) is 0 Å². The molecule has 0 aromatic heterocycles. The van der Waals surface area contributed by atoms with Gasteiger partial charge in [0.2, 0.25) is 5.91 Å². The van der Waals surface area contributed by atoms with Crippen LogP contribution in [-0.2, 0) is 14.8 Å². The molecule has 2 rings (SSSR count). The number of carbonyl (C=O) groups excluding carboxylic acids is 1. The molecule has 0 saturated carbocycles. The lowest BCUT2D eigenvalue weighted by Gasteiger charge is -2.25. The molecule has 2 aromatic rings. The topological polar surface area (TPSA) is 75.7 Å². The quantitative estimate of drug-likeness (QED) is 0.633. The molecular weight excluding hydrogens is 395 g/mol. The molecule has 0 saturated heterocycles. The monoisotopic (exact) mass is 422 g/mol. The number of ether oxygens (including phenoxy) is 1. The number of benzene rings is 2. The van der Waals surface area contributed by atoms with Gasteiger partial charge in [-0.2, -0.15) is 0 Å². The molecule has 0 fully saturated rings. The molecule has 158 valence electrons. The van der Waals surface area contributed by atoms with Crippen molar-refractivity contribution in [2.24, 2.45) is 0 Å². The van der Waals surface area contributed by atoms with Gasteiger partial charge in [0.25, 0.3) is 10.0 Å². The van der Waals surface area contributed by atoms with Crippen molar-refractivity contribution in [2.75, 3.05) is 17.5 Å². The Morgan fingerprint density at radius 1 is 1.10 bits per heavy atom. The summed E-state index contributed by atoms with van der Waals surface area (Å²) in [5.74, 6) is -0.371. The van der Waals surface area contributed by atoms with E-state index in [0.717, 1.165) is 29.3 Å². The van der Waals surface area contributed by atoms with Crippen LogP contribution in [0.15, 0.2) is 53.4 Å². The van der Waals surface area contributed by atoms with E-state index in [1.165, 1.54) is 24.3 Å². The molecule has 0 bridgehead atoms. The van der Waals surface area contributed by atoms with Crippen LogP contribution in [0.3, 0.4) is 0 Å². The molecule has 0 aliphatic rings. The Bertz CT molecular complexity index is 899. The molecule has 29 heavy (non-hydrogen) atoms. The van der Waals surface area contributed by atoms with Crippen molar-refractivity contribution in [1.29, 1.82) is 0 Å². The second-order valence-corrected chi connectivity index (χ2v) is 8.51. The van der Waals surface area contributed by atoms with Crippen LogP contribution in [0.1, 0.15) is 33.6 Å². The van der Waals surface area contributed by atoms with Gasteiger partial charge in [0, 0.05) is 6.04 Å². The molecule has 2 aromatic carbocycles. The highest BCUT2D eigenvalue weighted by molar-refractivity contribution is 7.92. The maximum Gasteiger partial charge on any atom is 0.264 e. The third-order valence-electron chi connectivity index (χ3n) is 4.25. The van der Waals surface area contributed by atoms with Crippen molar-refractivity contribution in [3.8, 4) is 5.75 Å². The Kier molecular flexibility index (Phi) is 8.01. The van der Waals surface area contributed by atoms with E-state index >= 15 is 0 Å². The normalized spacial score (nSPS) is 12.3. The zero-order valence-corrected chi connectivity index (χ0v) is 17.7. The van der Waals surface area contributed by atoms with Gasteiger partial charge in [0.1, 0.15) is 18.1 Å². The molecule has 6 nitrogen and oxygen atoms in total. The van der Waals surface area contributed by atoms with Crippen LogP contribution in [0.5, 0.6) is 5.75 Å². The average molecular weight is 423 g/mol. The summed E-state index contributed by atoms with van der Waals surface area (Å²) in [4.78, 5) is 12.5. The van der Waals surface area contributed by atoms with Gasteiger partial charge < -0.3 is 10.1 Å². The zero-order chi connectivity index (χ0) is 21.4. The van der Waals surface area contributed by atoms with Crippen LogP contribution in [0.4, 0.5) is 10.1 Å². The Hall–Kier alpha value is -2.61. The summed E-state index contributed by atoms with van der Waals surface area (Å²) in [5, 5.41) is 2.80. The van der Waals surface area contributed by atoms with Crippen LogP contribution in [-0.4, -0.2) is 33.5 Å². The van der Waals surface area contributed by atoms with Gasteiger partial charge in [-0.1, -0.05) is 13.3 Å². The van der Waals surface area contributed by atoms with E-state index < -0.39 is 28.3 Å². The van der Waals surface area contributed by atoms with Crippen LogP contribution < -0.4 is 14.4 Å². The molecule has 0 radical (unpaired) electrons. The fourth-order valence-electron chi connectivity index (χ4n) is 2.88. The summed E-state index contributed by atoms with van der Waals surface area (Å²) >= 11 is 0. The van der Waals surface area contributed by atoms with Gasteiger partial charge in [-0.15, -0.1) is 0 Å². The lowest BCUT2D eigenvalue weighted by atomic mass is 10.2. The van der Waals surface area contributed by atoms with E-state index in [1.807, 2.05) is 20.8 Å². The van der Waals surface area contributed by atoms with Gasteiger partial charge >= 0.3 is 0 Å². The first kappa shape index (κ1) is 22.7. The number of sulfonamides is 1. The molecule has 1 atom stereocenters. The van der Waals surface area contributed by atoms with Crippen LogP contribution in [0.25, 0.3) is 0 Å². The number of nitrogens with one attached hydrogen (secondary N) is 1. The number of anilines is 1. The second-order valence-electron chi connectivity index (χ2n) is 6.65. The van der Waals surface area contributed by atoms with Crippen molar-refractivity contribution in [2.45, 2.75) is 44.6 Å². The second kappa shape index (κ2) is 10.2. The van der Waals surface area contributed by atoms with Crippen LogP contribution in [0, 0.1) is 5.82 Å². The molecular formula is C21H27FN2O4S. The van der Waals surface area contributed by atoms with Crippen molar-refractivity contribution in [1.82, 2.24) is 5.32 Å². The number of halogens is 1. The van der Waals surface area contributed by atoms with E-state index in [0.29, 0.717) is 12.4 Å². The van der Waals surface area contributed by atoms with Crippen molar-refractivity contribution >= 4 is 21.6 Å². The van der Waals surface area contributed by atoms with Gasteiger partial charge in [-0.05, 0) is 68.8 Å². The predicted octanol–water partition coefficient (Wildman–Crippen LogP) is 3.72. The third kappa shape index (κ3) is 6.19. The smallest absolute Gasteiger partial charge is 0.264 e. The molecule has 0 aliphatic carbocycles. The maximum atomic E-state index is 13.3. The minimum atomic E-state index is -4.05. The zero-order valence-electron chi connectivity index (χ0n) is 16.9. The highest BCUT2D eigenvalue weighted by Crippen LogP contribution is 2.25. The summed E-state index contributed by atoms with van der Waals surface area (Å²) in [7, 11) is -4.05. The van der Waals surface area contributed by atoms with Crippen molar-refractivity contribution in [3.05, 3.63) is 54.3 Å². The predicted molar refractivity (Wildman–Crippen MR) is 111 cm³/mol. The molecule has 1 amide bonds. The van der Waals surface area contributed by atoms with E-state index in [2.05, 4.69) is 5.32 Å². The van der Waals surface area contributed by atoms with E-state index in [9.17, 15) is 17.6 Å². The van der Waals surface area contributed by atoms with Gasteiger partial charge in [-0.25, -0.2) is 12.8 Å². The average Bonchev–Trinajstić information content (AvgIpc) is 2.68. The number of hydrogen-bond donors (Lipinski definition) is 1. The van der Waals surface area contributed by atoms with Gasteiger partial charge in [-0.3, -0.25) is 9.10 Å². The lowest BCUT2D eigenvalue weighted by Crippen LogP contribution is -2.43. The minimum absolute atomic E-state index is 0.0136. The fourth-order valence-corrected chi connectivity index (χ4v) is 4.30. The summed E-state index contributed by atoms with van der Waals surface area (Å²) in [6.07, 6.45) is 1.68. The number of amides is 1. The first-order chi connectivity index (χ1) is 13.8. The van der Waals surface area contributed by atoms with E-state index in [4.69, 9.17) is 4.74 Å². The van der Waals surface area contributed by atoms with Gasteiger partial charge in [0.05, 0.1) is 17.2 Å². The largest absolute Gasteiger partial charge is 0.494 e. The Labute approximate surface area is 171 Å². The molecule has 0 heterocycles. The van der Waals surface area contributed by atoms with Crippen LogP contribution >= 0.6 is 0 Å². The number of rotatable bonds is 10. The summed E-state index contributed by atoms with van der Waals surface area (Å²) in [6, 6.07) is 10.9. The molecule has 0 spiro atoms. The molecule has 0 aliphatic heterocycles. The lowest BCUT2D eigenvalue weighted by molar-refractivity contribution is -0.120. The number of hydrogen-bond acceptors (Lipinski definition) is 4. The van der Waals surface area contributed by atoms with E-state index in [-0.39, 0.29) is 16.6 Å². The van der Waals surface area contributed by atoms with Gasteiger partial charge in [0.15, 0.2) is 0 Å². The molecule has 8 heteroatoms. The first-order valence-electron chi connectivity index (χ1n) is 9.58. The Morgan fingerprint density at radius 2 is 1.72 bits per heavy atom. The Balaban J connectivity index is 2.35. The highest BCUT2D eigenvalue weighted by Gasteiger charge is 2.27. The summed E-state index contributed by atoms with van der Waals surface area (Å²) < 4.78 is 46.2. The summed E-state index contributed by atoms with van der Waals surface area (Å²) in [5.41, 5.74) is 0.207. The maximum absolute atomic E-state index is 13.3.